The number of halogens is 1. The monoisotopic (exact) mass is 210 g/mol. The Morgan fingerprint density at radius 1 is 1.33 bits per heavy atom. The van der Waals surface area contributed by atoms with Crippen molar-refractivity contribution in [2.45, 2.75) is 0 Å². The van der Waals surface area contributed by atoms with Gasteiger partial charge < -0.3 is 10.6 Å². The molecule has 4 nitrogen and oxygen atoms in total. The number of carbonyl (C=O) groups is 2. The highest BCUT2D eigenvalue weighted by Crippen LogP contribution is 2.14. The van der Waals surface area contributed by atoms with E-state index in [4.69, 9.17) is 5.73 Å². The van der Waals surface area contributed by atoms with Gasteiger partial charge in [0.05, 0.1) is 11.1 Å². The zero-order valence-electron chi connectivity index (χ0n) is 8.45. The normalized spacial score (nSPS) is 9.80. The van der Waals surface area contributed by atoms with E-state index in [1.54, 1.807) is 0 Å². The van der Waals surface area contributed by atoms with Crippen molar-refractivity contribution >= 4 is 11.8 Å². The first-order valence-electron chi connectivity index (χ1n) is 4.25. The Balaban J connectivity index is 3.35. The van der Waals surface area contributed by atoms with Crippen molar-refractivity contribution in [3.63, 3.8) is 0 Å². The van der Waals surface area contributed by atoms with Crippen molar-refractivity contribution in [1.82, 2.24) is 4.90 Å². The van der Waals surface area contributed by atoms with Crippen LogP contribution in [-0.2, 0) is 0 Å². The van der Waals surface area contributed by atoms with E-state index in [2.05, 4.69) is 0 Å². The molecule has 2 amide bonds. The van der Waals surface area contributed by atoms with Crippen LogP contribution in [0.4, 0.5) is 4.39 Å². The Labute approximate surface area is 86.5 Å². The fourth-order valence-corrected chi connectivity index (χ4v) is 1.19. The number of amides is 2. The van der Waals surface area contributed by atoms with Crippen LogP contribution in [0.25, 0.3) is 0 Å². The van der Waals surface area contributed by atoms with Crippen molar-refractivity contribution < 1.29 is 14.0 Å². The number of hydrogen-bond donors (Lipinski definition) is 1. The third kappa shape index (κ3) is 2.12. The Hall–Kier alpha value is -1.91. The van der Waals surface area contributed by atoms with Crippen LogP contribution < -0.4 is 5.73 Å². The topological polar surface area (TPSA) is 63.4 Å². The third-order valence-corrected chi connectivity index (χ3v) is 1.90. The first-order chi connectivity index (χ1) is 6.95. The summed E-state index contributed by atoms with van der Waals surface area (Å²) in [5.41, 5.74) is 4.62. The molecule has 0 atom stereocenters. The Kier molecular flexibility index (Phi) is 3.04. The van der Waals surface area contributed by atoms with Gasteiger partial charge in [-0.15, -0.1) is 0 Å². The average Bonchev–Trinajstić information content (AvgIpc) is 2.15. The summed E-state index contributed by atoms with van der Waals surface area (Å²) in [6, 6.07) is 3.82. The van der Waals surface area contributed by atoms with Crippen molar-refractivity contribution in [2.75, 3.05) is 14.1 Å². The molecule has 0 bridgehead atoms. The van der Waals surface area contributed by atoms with Gasteiger partial charge in [0.15, 0.2) is 0 Å². The lowest BCUT2D eigenvalue weighted by molar-refractivity contribution is 0.0819. The van der Waals surface area contributed by atoms with Crippen LogP contribution in [0.15, 0.2) is 18.2 Å². The van der Waals surface area contributed by atoms with Gasteiger partial charge in [-0.05, 0) is 12.1 Å². The molecule has 0 aliphatic carbocycles. The molecule has 0 aliphatic heterocycles. The van der Waals surface area contributed by atoms with E-state index in [0.717, 1.165) is 6.07 Å². The van der Waals surface area contributed by atoms with Gasteiger partial charge in [0.2, 0.25) is 0 Å². The number of hydrogen-bond acceptors (Lipinski definition) is 2. The molecule has 0 fully saturated rings. The first-order valence-corrected chi connectivity index (χ1v) is 4.25. The molecule has 1 aromatic rings. The van der Waals surface area contributed by atoms with Gasteiger partial charge in [0.25, 0.3) is 11.8 Å². The fraction of sp³-hybridized carbons (Fsp3) is 0.200. The second-order valence-electron chi connectivity index (χ2n) is 3.23. The van der Waals surface area contributed by atoms with E-state index >= 15 is 0 Å². The summed E-state index contributed by atoms with van der Waals surface area (Å²) in [5.74, 6) is -2.18. The second-order valence-corrected chi connectivity index (χ2v) is 3.23. The quantitative estimate of drug-likeness (QED) is 0.778. The molecule has 1 rings (SSSR count). The highest BCUT2D eigenvalue weighted by molar-refractivity contribution is 6.06. The average molecular weight is 210 g/mol. The summed E-state index contributed by atoms with van der Waals surface area (Å²) >= 11 is 0. The minimum absolute atomic E-state index is 0.0208. The summed E-state index contributed by atoms with van der Waals surface area (Å²) in [4.78, 5) is 23.8. The van der Waals surface area contributed by atoms with Gasteiger partial charge in [0, 0.05) is 14.1 Å². The smallest absolute Gasteiger partial charge is 0.254 e. The lowest BCUT2D eigenvalue weighted by atomic mass is 10.1. The van der Waals surface area contributed by atoms with E-state index in [1.165, 1.54) is 31.1 Å². The largest absolute Gasteiger partial charge is 0.365 e. The Bertz CT molecular complexity index is 416. The lowest BCUT2D eigenvalue weighted by Crippen LogP contribution is -2.26. The highest BCUT2D eigenvalue weighted by Gasteiger charge is 2.19. The molecule has 15 heavy (non-hydrogen) atoms. The van der Waals surface area contributed by atoms with Crippen LogP contribution >= 0.6 is 0 Å². The highest BCUT2D eigenvalue weighted by atomic mass is 19.1. The summed E-state index contributed by atoms with van der Waals surface area (Å²) in [6.07, 6.45) is 0. The minimum Gasteiger partial charge on any atom is -0.365 e. The zero-order chi connectivity index (χ0) is 11.6. The van der Waals surface area contributed by atoms with Gasteiger partial charge in [0.1, 0.15) is 5.82 Å². The molecule has 0 aromatic heterocycles. The molecule has 0 saturated carbocycles. The van der Waals surface area contributed by atoms with Gasteiger partial charge in [-0.1, -0.05) is 6.07 Å². The van der Waals surface area contributed by atoms with E-state index in [0.29, 0.717) is 0 Å². The molecule has 2 N–H and O–H groups in total. The maximum Gasteiger partial charge on any atom is 0.254 e. The fourth-order valence-electron chi connectivity index (χ4n) is 1.19. The van der Waals surface area contributed by atoms with E-state index in [-0.39, 0.29) is 11.1 Å². The minimum atomic E-state index is -0.946. The molecule has 1 aromatic carbocycles. The maximum absolute atomic E-state index is 13.3. The molecule has 0 heterocycles. The molecule has 0 spiro atoms. The van der Waals surface area contributed by atoms with E-state index in [9.17, 15) is 14.0 Å². The zero-order valence-corrected chi connectivity index (χ0v) is 8.45. The lowest BCUT2D eigenvalue weighted by Gasteiger charge is -2.12. The van der Waals surface area contributed by atoms with Gasteiger partial charge in [-0.25, -0.2) is 4.39 Å². The van der Waals surface area contributed by atoms with Crippen LogP contribution in [0.2, 0.25) is 0 Å². The predicted octanol–water partition coefficient (Wildman–Crippen LogP) is 0.626. The molecular weight excluding hydrogens is 199 g/mol. The number of benzene rings is 1. The molecule has 0 unspecified atom stereocenters. The Morgan fingerprint density at radius 3 is 2.40 bits per heavy atom. The summed E-state index contributed by atoms with van der Waals surface area (Å²) in [6.45, 7) is 0. The van der Waals surface area contributed by atoms with Gasteiger partial charge in [-0.3, -0.25) is 9.59 Å². The number of primary amides is 1. The van der Waals surface area contributed by atoms with E-state index < -0.39 is 17.6 Å². The first kappa shape index (κ1) is 11.2. The summed E-state index contributed by atoms with van der Waals surface area (Å²) in [5, 5.41) is 0. The van der Waals surface area contributed by atoms with Crippen molar-refractivity contribution in [1.29, 1.82) is 0 Å². The predicted molar refractivity (Wildman–Crippen MR) is 52.9 cm³/mol. The van der Waals surface area contributed by atoms with Crippen LogP contribution in [0.5, 0.6) is 0 Å². The van der Waals surface area contributed by atoms with Crippen LogP contribution in [0, 0.1) is 5.82 Å². The Morgan fingerprint density at radius 2 is 1.93 bits per heavy atom. The standard InChI is InChI=1S/C10H11FN2O2/c1-13(2)10(15)6-4-3-5-7(11)8(6)9(12)14/h3-5H,1-2H3,(H2,12,14). The second kappa shape index (κ2) is 4.08. The maximum atomic E-state index is 13.3. The summed E-state index contributed by atoms with van der Waals surface area (Å²) < 4.78 is 13.3. The molecule has 5 heteroatoms. The number of carbonyl (C=O) groups excluding carboxylic acids is 2. The number of nitrogens with zero attached hydrogens (tertiary/aromatic N) is 1. The number of rotatable bonds is 2. The van der Waals surface area contributed by atoms with Crippen LogP contribution in [0.1, 0.15) is 20.7 Å². The van der Waals surface area contributed by atoms with E-state index in [1.807, 2.05) is 0 Å². The third-order valence-electron chi connectivity index (χ3n) is 1.90. The van der Waals surface area contributed by atoms with Crippen LogP contribution in [-0.4, -0.2) is 30.8 Å². The van der Waals surface area contributed by atoms with Crippen molar-refractivity contribution in [3.8, 4) is 0 Å². The number of nitrogens with two attached hydrogens (primary N) is 1. The molecule has 80 valence electrons. The molecule has 0 saturated heterocycles. The van der Waals surface area contributed by atoms with Crippen LogP contribution in [0.3, 0.4) is 0 Å². The molecular formula is C10H11FN2O2. The summed E-state index contributed by atoms with van der Waals surface area (Å²) in [7, 11) is 3.02. The SMILES string of the molecule is CN(C)C(=O)c1cccc(F)c1C(N)=O. The van der Waals surface area contributed by atoms with Gasteiger partial charge in [-0.2, -0.15) is 0 Å². The van der Waals surface area contributed by atoms with Gasteiger partial charge >= 0.3 is 0 Å². The molecule has 0 radical (unpaired) electrons. The molecule has 0 aliphatic rings. The van der Waals surface area contributed by atoms with Crippen molar-refractivity contribution in [3.05, 3.63) is 35.1 Å². The van der Waals surface area contributed by atoms with Crippen molar-refractivity contribution in [2.24, 2.45) is 5.73 Å².